The number of benzene rings is 2. The molecule has 2 aromatic carbocycles. The highest BCUT2D eigenvalue weighted by Gasteiger charge is 2.36. The first-order valence-corrected chi connectivity index (χ1v) is 12.2. The third-order valence-corrected chi connectivity index (χ3v) is 6.78. The van der Waals surface area contributed by atoms with Crippen LogP contribution in [0.5, 0.6) is 11.5 Å². The lowest BCUT2D eigenvalue weighted by atomic mass is 10.1. The smallest absolute Gasteiger partial charge is 0.418 e. The fourth-order valence-electron chi connectivity index (χ4n) is 4.79. The maximum absolute atomic E-state index is 14.2. The van der Waals surface area contributed by atoms with E-state index in [1.165, 1.54) is 26.4 Å². The number of halogens is 3. The Hall–Kier alpha value is -3.99. The van der Waals surface area contributed by atoms with Crippen molar-refractivity contribution in [3.05, 3.63) is 64.1 Å². The number of hydrogen-bond acceptors (Lipinski definition) is 6. The van der Waals surface area contributed by atoms with Gasteiger partial charge in [0.2, 0.25) is 0 Å². The molecule has 0 radical (unpaired) electrons. The van der Waals surface area contributed by atoms with Gasteiger partial charge < -0.3 is 24.5 Å². The number of alkyl halides is 3. The normalized spacial score (nSPS) is 15.9. The van der Waals surface area contributed by atoms with Gasteiger partial charge in [0.1, 0.15) is 22.7 Å². The number of ether oxygens (including phenoxy) is 2. The van der Waals surface area contributed by atoms with Gasteiger partial charge >= 0.3 is 6.18 Å². The molecule has 11 heteroatoms. The van der Waals surface area contributed by atoms with Gasteiger partial charge in [-0.05, 0) is 49.2 Å². The molecule has 0 spiro atoms. The van der Waals surface area contributed by atoms with E-state index >= 15 is 0 Å². The van der Waals surface area contributed by atoms with Crippen LogP contribution in [-0.4, -0.2) is 53.3 Å². The van der Waals surface area contributed by atoms with Crippen molar-refractivity contribution in [2.75, 3.05) is 32.2 Å². The van der Waals surface area contributed by atoms with E-state index < -0.39 is 29.1 Å². The third kappa shape index (κ3) is 4.58. The molecule has 2 aromatic heterocycles. The minimum absolute atomic E-state index is 0.142. The van der Waals surface area contributed by atoms with E-state index in [4.69, 9.17) is 9.47 Å². The summed E-state index contributed by atoms with van der Waals surface area (Å²) in [6, 6.07) is 10.4. The van der Waals surface area contributed by atoms with Crippen LogP contribution >= 0.6 is 0 Å². The Bertz CT molecular complexity index is 1540. The highest BCUT2D eigenvalue weighted by Crippen LogP contribution is 2.37. The zero-order valence-corrected chi connectivity index (χ0v) is 21.1. The number of nitrogens with zero attached hydrogens (tertiary/aromatic N) is 3. The van der Waals surface area contributed by atoms with Crippen LogP contribution in [0, 0.1) is 0 Å². The monoisotopic (exact) mass is 528 g/mol. The number of rotatable bonds is 6. The van der Waals surface area contributed by atoms with Crippen molar-refractivity contribution >= 4 is 16.6 Å². The van der Waals surface area contributed by atoms with E-state index in [9.17, 15) is 23.1 Å². The number of anilines is 1. The SMILES string of the molecule is CCc1cc2c(-c3cc(OC)cc(OC)c3)nn(-c3cc(N4CCC(O)C4)ccc3C(F)(F)F)c(=O)c2[nH]1. The highest BCUT2D eigenvalue weighted by atomic mass is 19.4. The summed E-state index contributed by atoms with van der Waals surface area (Å²) >= 11 is 0. The van der Waals surface area contributed by atoms with Gasteiger partial charge in [-0.3, -0.25) is 4.79 Å². The molecule has 1 saturated heterocycles. The minimum atomic E-state index is -4.74. The Morgan fingerprint density at radius 3 is 2.39 bits per heavy atom. The third-order valence-electron chi connectivity index (χ3n) is 6.78. The number of H-pyrrole nitrogens is 1. The number of aryl methyl sites for hydroxylation is 1. The zero-order valence-electron chi connectivity index (χ0n) is 21.1. The van der Waals surface area contributed by atoms with Crippen molar-refractivity contribution in [3.8, 4) is 28.4 Å². The second-order valence-corrected chi connectivity index (χ2v) is 9.19. The number of fused-ring (bicyclic) bond motifs is 1. The second-order valence-electron chi connectivity index (χ2n) is 9.19. The molecule has 1 aliphatic rings. The van der Waals surface area contributed by atoms with Crippen molar-refractivity contribution < 1.29 is 27.8 Å². The average Bonchev–Trinajstić information content (AvgIpc) is 3.54. The van der Waals surface area contributed by atoms with E-state index in [0.29, 0.717) is 53.2 Å². The Morgan fingerprint density at radius 1 is 1.11 bits per heavy atom. The summed E-state index contributed by atoms with van der Waals surface area (Å²) in [7, 11) is 2.98. The number of aliphatic hydroxyl groups is 1. The second kappa shape index (κ2) is 9.71. The molecule has 0 saturated carbocycles. The fraction of sp³-hybridized carbons (Fsp3) is 0.333. The summed E-state index contributed by atoms with van der Waals surface area (Å²) in [4.78, 5) is 18.5. The first kappa shape index (κ1) is 25.7. The number of aromatic amines is 1. The van der Waals surface area contributed by atoms with E-state index in [1.54, 1.807) is 29.2 Å². The summed E-state index contributed by atoms with van der Waals surface area (Å²) in [5.74, 6) is 0.924. The van der Waals surface area contributed by atoms with Crippen LogP contribution in [0.2, 0.25) is 0 Å². The lowest BCUT2D eigenvalue weighted by molar-refractivity contribution is -0.137. The number of methoxy groups -OCH3 is 2. The van der Waals surface area contributed by atoms with Crippen molar-refractivity contribution in [1.82, 2.24) is 14.8 Å². The molecule has 200 valence electrons. The molecular weight excluding hydrogens is 501 g/mol. The molecule has 4 aromatic rings. The lowest BCUT2D eigenvalue weighted by Crippen LogP contribution is -2.26. The van der Waals surface area contributed by atoms with Crippen LogP contribution in [0.15, 0.2) is 47.3 Å². The molecule has 1 unspecified atom stereocenters. The van der Waals surface area contributed by atoms with Gasteiger partial charge in [0.05, 0.1) is 31.6 Å². The zero-order chi connectivity index (χ0) is 27.2. The standard InChI is InChI=1S/C27H27F3N4O4/c1-4-16-11-21-24(15-9-19(37-2)13-20(10-15)38-3)32-34(26(36)25(21)31-16)23-12-17(33-8-7-18(35)14-33)5-6-22(23)27(28,29)30/h5-6,9-13,18,31,35H,4,7-8,14H2,1-3H3. The molecule has 1 aliphatic heterocycles. The van der Waals surface area contributed by atoms with E-state index in [-0.39, 0.29) is 12.1 Å². The summed E-state index contributed by atoms with van der Waals surface area (Å²) in [6.07, 6.45) is -4.22. The molecule has 0 amide bonds. The quantitative estimate of drug-likeness (QED) is 0.382. The summed E-state index contributed by atoms with van der Waals surface area (Å²) in [5.41, 5.74) is 0.0498. The van der Waals surface area contributed by atoms with Crippen LogP contribution in [0.1, 0.15) is 24.6 Å². The number of hydrogen-bond donors (Lipinski definition) is 2. The van der Waals surface area contributed by atoms with Crippen molar-refractivity contribution in [2.45, 2.75) is 32.0 Å². The molecular formula is C27H27F3N4O4. The van der Waals surface area contributed by atoms with Gasteiger partial charge in [0, 0.05) is 41.5 Å². The van der Waals surface area contributed by atoms with Gasteiger partial charge in [0.25, 0.3) is 5.56 Å². The number of aromatic nitrogens is 3. The maximum Gasteiger partial charge on any atom is 0.418 e. The Kier molecular flexibility index (Phi) is 6.56. The largest absolute Gasteiger partial charge is 0.497 e. The topological polar surface area (TPSA) is 92.6 Å². The molecule has 3 heterocycles. The van der Waals surface area contributed by atoms with Gasteiger partial charge in [-0.1, -0.05) is 6.92 Å². The number of nitrogens with one attached hydrogen (secondary N) is 1. The summed E-state index contributed by atoms with van der Waals surface area (Å²) < 4.78 is 54.1. The van der Waals surface area contributed by atoms with Gasteiger partial charge in [-0.15, -0.1) is 0 Å². The Labute approximate surface area is 216 Å². The summed E-state index contributed by atoms with van der Waals surface area (Å²) in [6.45, 7) is 2.68. The highest BCUT2D eigenvalue weighted by molar-refractivity contribution is 5.93. The van der Waals surface area contributed by atoms with Crippen LogP contribution < -0.4 is 19.9 Å². The summed E-state index contributed by atoms with van der Waals surface area (Å²) in [5, 5.41) is 14.9. The molecule has 5 rings (SSSR count). The van der Waals surface area contributed by atoms with Crippen molar-refractivity contribution in [3.63, 3.8) is 0 Å². The van der Waals surface area contributed by atoms with Crippen LogP contribution in [0.25, 0.3) is 27.8 Å². The predicted molar refractivity (Wildman–Crippen MR) is 137 cm³/mol. The first-order chi connectivity index (χ1) is 18.1. The van der Waals surface area contributed by atoms with Gasteiger partial charge in [-0.2, -0.15) is 23.0 Å². The van der Waals surface area contributed by atoms with E-state index in [1.807, 2.05) is 6.92 Å². The first-order valence-electron chi connectivity index (χ1n) is 12.2. The Morgan fingerprint density at radius 2 is 1.82 bits per heavy atom. The minimum Gasteiger partial charge on any atom is -0.497 e. The van der Waals surface area contributed by atoms with Crippen molar-refractivity contribution in [2.24, 2.45) is 0 Å². The maximum atomic E-state index is 14.2. The van der Waals surface area contributed by atoms with Gasteiger partial charge in [0.15, 0.2) is 0 Å². The molecule has 2 N–H and O–H groups in total. The van der Waals surface area contributed by atoms with Crippen LogP contribution in [-0.2, 0) is 12.6 Å². The molecule has 8 nitrogen and oxygen atoms in total. The molecule has 1 fully saturated rings. The van der Waals surface area contributed by atoms with Crippen LogP contribution in [0.3, 0.4) is 0 Å². The predicted octanol–water partition coefficient (Wildman–Crippen LogP) is 4.55. The van der Waals surface area contributed by atoms with Crippen molar-refractivity contribution in [1.29, 1.82) is 0 Å². The fourth-order valence-corrected chi connectivity index (χ4v) is 4.79. The Balaban J connectivity index is 1.81. The molecule has 38 heavy (non-hydrogen) atoms. The van der Waals surface area contributed by atoms with E-state index in [2.05, 4.69) is 10.1 Å². The number of β-amino-alcohol motifs (C(OH)–C–C–N with tert-alkyl or cyclic N) is 1. The molecule has 1 atom stereocenters. The molecule has 0 aliphatic carbocycles. The van der Waals surface area contributed by atoms with Gasteiger partial charge in [-0.25, -0.2) is 0 Å². The lowest BCUT2D eigenvalue weighted by Gasteiger charge is -2.21. The average molecular weight is 529 g/mol. The van der Waals surface area contributed by atoms with Crippen LogP contribution in [0.4, 0.5) is 18.9 Å². The number of aliphatic hydroxyl groups excluding tert-OH is 1. The van der Waals surface area contributed by atoms with E-state index in [0.717, 1.165) is 16.4 Å². The molecule has 0 bridgehead atoms.